The van der Waals surface area contributed by atoms with Crippen molar-refractivity contribution < 1.29 is 14.7 Å². The number of carboxylic acid groups (broad SMARTS) is 1. The number of nitrogens with one attached hydrogen (secondary N) is 1. The molecule has 2 aromatic rings. The van der Waals surface area contributed by atoms with E-state index in [9.17, 15) is 9.59 Å². The van der Waals surface area contributed by atoms with E-state index in [0.717, 1.165) is 11.1 Å². The molecule has 0 saturated heterocycles. The lowest BCUT2D eigenvalue weighted by molar-refractivity contribution is -0.137. The van der Waals surface area contributed by atoms with Gasteiger partial charge in [0.25, 0.3) is 5.91 Å². The fourth-order valence-corrected chi connectivity index (χ4v) is 2.15. The summed E-state index contributed by atoms with van der Waals surface area (Å²) in [5.41, 5.74) is 2.33. The summed E-state index contributed by atoms with van der Waals surface area (Å²) in [5, 5.41) is 11.4. The molecule has 2 rings (SSSR count). The second-order valence-electron chi connectivity index (χ2n) is 5.09. The van der Waals surface area contributed by atoms with E-state index in [4.69, 9.17) is 5.11 Å². The molecule has 0 atom stereocenters. The van der Waals surface area contributed by atoms with Gasteiger partial charge in [0, 0.05) is 18.5 Å². The normalized spacial score (nSPS) is 11.0. The Morgan fingerprint density at radius 1 is 0.957 bits per heavy atom. The lowest BCUT2D eigenvalue weighted by Gasteiger charge is -2.09. The molecule has 4 nitrogen and oxygen atoms in total. The van der Waals surface area contributed by atoms with Crippen LogP contribution in [0.25, 0.3) is 11.6 Å². The van der Waals surface area contributed by atoms with Crippen LogP contribution in [0.3, 0.4) is 0 Å². The third-order valence-electron chi connectivity index (χ3n) is 3.29. The maximum atomic E-state index is 12.5. The van der Waals surface area contributed by atoms with Gasteiger partial charge in [-0.15, -0.1) is 0 Å². The van der Waals surface area contributed by atoms with Gasteiger partial charge in [-0.3, -0.25) is 9.59 Å². The largest absolute Gasteiger partial charge is 0.481 e. The van der Waals surface area contributed by atoms with Crippen LogP contribution in [-0.4, -0.2) is 23.5 Å². The van der Waals surface area contributed by atoms with E-state index in [1.165, 1.54) is 0 Å². The van der Waals surface area contributed by atoms with Gasteiger partial charge in [-0.1, -0.05) is 60.7 Å². The summed E-state index contributed by atoms with van der Waals surface area (Å²) in [5.74, 6) is -1.06. The molecule has 0 aromatic heterocycles. The maximum Gasteiger partial charge on any atom is 0.303 e. The van der Waals surface area contributed by atoms with Crippen molar-refractivity contribution in [3.63, 3.8) is 0 Å². The molecule has 0 fully saturated rings. The number of carboxylic acids is 1. The third kappa shape index (κ3) is 5.43. The van der Waals surface area contributed by atoms with Gasteiger partial charge in [0.15, 0.2) is 0 Å². The summed E-state index contributed by atoms with van der Waals surface area (Å²) < 4.78 is 0. The molecule has 0 bridgehead atoms. The van der Waals surface area contributed by atoms with Gasteiger partial charge >= 0.3 is 5.97 Å². The van der Waals surface area contributed by atoms with Crippen molar-refractivity contribution in [2.24, 2.45) is 0 Å². The number of aliphatic carboxylic acids is 1. The molecule has 0 spiro atoms. The zero-order chi connectivity index (χ0) is 16.5. The Balaban J connectivity index is 2.16. The topological polar surface area (TPSA) is 66.4 Å². The van der Waals surface area contributed by atoms with Gasteiger partial charge < -0.3 is 10.4 Å². The van der Waals surface area contributed by atoms with Gasteiger partial charge in [0.05, 0.1) is 0 Å². The molecule has 4 heteroatoms. The first-order valence-electron chi connectivity index (χ1n) is 7.49. The Hall–Kier alpha value is -2.88. The minimum atomic E-state index is -0.859. The highest BCUT2D eigenvalue weighted by Crippen LogP contribution is 2.18. The second-order valence-corrected chi connectivity index (χ2v) is 5.09. The molecule has 0 aliphatic carbocycles. The lowest BCUT2D eigenvalue weighted by Crippen LogP contribution is -2.25. The van der Waals surface area contributed by atoms with E-state index in [2.05, 4.69) is 5.32 Å². The molecule has 0 heterocycles. The predicted molar refractivity (Wildman–Crippen MR) is 90.6 cm³/mol. The molecule has 2 N–H and O–H groups in total. The van der Waals surface area contributed by atoms with E-state index in [0.29, 0.717) is 18.5 Å². The van der Waals surface area contributed by atoms with Crippen molar-refractivity contribution in [1.82, 2.24) is 5.32 Å². The summed E-state index contributed by atoms with van der Waals surface area (Å²) in [6.07, 6.45) is 2.29. The second kappa shape index (κ2) is 8.54. The molecular weight excluding hydrogens is 290 g/mol. The van der Waals surface area contributed by atoms with Crippen molar-refractivity contribution in [3.05, 3.63) is 71.8 Å². The maximum absolute atomic E-state index is 12.5. The molecule has 118 valence electrons. The van der Waals surface area contributed by atoms with Gasteiger partial charge in [-0.05, 0) is 23.6 Å². The van der Waals surface area contributed by atoms with E-state index in [1.807, 2.05) is 66.7 Å². The Bertz CT molecular complexity index is 678. The Kier molecular flexibility index (Phi) is 6.12. The molecular formula is C19H19NO3. The molecule has 0 unspecified atom stereocenters. The van der Waals surface area contributed by atoms with Crippen LogP contribution in [-0.2, 0) is 9.59 Å². The highest BCUT2D eigenvalue weighted by Gasteiger charge is 2.11. The van der Waals surface area contributed by atoms with Gasteiger partial charge in [-0.2, -0.15) is 0 Å². The fourth-order valence-electron chi connectivity index (χ4n) is 2.15. The van der Waals surface area contributed by atoms with Crippen molar-refractivity contribution in [2.45, 2.75) is 12.8 Å². The number of benzene rings is 2. The van der Waals surface area contributed by atoms with E-state index in [-0.39, 0.29) is 12.3 Å². The number of carbonyl (C=O) groups is 2. The quantitative estimate of drug-likeness (QED) is 0.469. The Morgan fingerprint density at radius 2 is 1.57 bits per heavy atom. The number of carbonyl (C=O) groups excluding carboxylic acids is 1. The number of hydrogen-bond donors (Lipinski definition) is 2. The minimum absolute atomic E-state index is 0.0450. The molecule has 0 aliphatic rings. The number of hydrogen-bond acceptors (Lipinski definition) is 2. The highest BCUT2D eigenvalue weighted by molar-refractivity contribution is 6.24. The summed E-state index contributed by atoms with van der Waals surface area (Å²) in [6.45, 7) is 0.337. The summed E-state index contributed by atoms with van der Waals surface area (Å²) in [7, 11) is 0. The van der Waals surface area contributed by atoms with Crippen LogP contribution in [0, 0.1) is 0 Å². The molecule has 0 radical (unpaired) electrons. The number of rotatable bonds is 7. The first-order chi connectivity index (χ1) is 11.2. The van der Waals surface area contributed by atoms with Gasteiger partial charge in [-0.25, -0.2) is 0 Å². The summed E-state index contributed by atoms with van der Waals surface area (Å²) in [6, 6.07) is 19.0. The molecule has 0 saturated carbocycles. The minimum Gasteiger partial charge on any atom is -0.481 e. The smallest absolute Gasteiger partial charge is 0.303 e. The standard InChI is InChI=1S/C19H19NO3/c21-18(22)12-7-13-20-19(23)17(16-10-5-2-6-11-16)14-15-8-3-1-4-9-15/h1-6,8-11,14H,7,12-13H2,(H,20,23)(H,21,22)/b17-14+. The fraction of sp³-hybridized carbons (Fsp3) is 0.158. The molecule has 23 heavy (non-hydrogen) atoms. The van der Waals surface area contributed by atoms with Crippen LogP contribution in [0.5, 0.6) is 0 Å². The van der Waals surface area contributed by atoms with Crippen LogP contribution >= 0.6 is 0 Å². The summed E-state index contributed by atoms with van der Waals surface area (Å²) in [4.78, 5) is 23.0. The molecule has 2 aromatic carbocycles. The Morgan fingerprint density at radius 3 is 2.17 bits per heavy atom. The third-order valence-corrected chi connectivity index (χ3v) is 3.29. The van der Waals surface area contributed by atoms with Crippen molar-refractivity contribution in [1.29, 1.82) is 0 Å². The zero-order valence-corrected chi connectivity index (χ0v) is 12.7. The Labute approximate surface area is 135 Å². The van der Waals surface area contributed by atoms with E-state index >= 15 is 0 Å². The average molecular weight is 309 g/mol. The van der Waals surface area contributed by atoms with Crippen LogP contribution in [0.2, 0.25) is 0 Å². The molecule has 0 aliphatic heterocycles. The van der Waals surface area contributed by atoms with Crippen LogP contribution in [0.1, 0.15) is 24.0 Å². The lowest BCUT2D eigenvalue weighted by atomic mass is 10.0. The van der Waals surface area contributed by atoms with E-state index < -0.39 is 5.97 Å². The van der Waals surface area contributed by atoms with Crippen molar-refractivity contribution in [3.8, 4) is 0 Å². The van der Waals surface area contributed by atoms with Gasteiger partial charge in [0.1, 0.15) is 0 Å². The average Bonchev–Trinajstić information content (AvgIpc) is 2.58. The number of amides is 1. The van der Waals surface area contributed by atoms with Crippen LogP contribution < -0.4 is 5.32 Å². The SMILES string of the molecule is O=C(O)CCCNC(=O)/C(=C/c1ccccc1)c1ccccc1. The summed E-state index contributed by atoms with van der Waals surface area (Å²) >= 11 is 0. The first-order valence-corrected chi connectivity index (χ1v) is 7.49. The zero-order valence-electron chi connectivity index (χ0n) is 12.7. The van der Waals surface area contributed by atoms with Crippen molar-refractivity contribution >= 4 is 23.5 Å². The van der Waals surface area contributed by atoms with Crippen molar-refractivity contribution in [2.75, 3.05) is 6.54 Å². The van der Waals surface area contributed by atoms with Crippen LogP contribution in [0.15, 0.2) is 60.7 Å². The predicted octanol–water partition coefficient (Wildman–Crippen LogP) is 3.21. The van der Waals surface area contributed by atoms with E-state index in [1.54, 1.807) is 0 Å². The highest BCUT2D eigenvalue weighted by atomic mass is 16.4. The molecule has 1 amide bonds. The van der Waals surface area contributed by atoms with Crippen LogP contribution in [0.4, 0.5) is 0 Å². The monoisotopic (exact) mass is 309 g/mol. The first kappa shape index (κ1) is 16.5. The van der Waals surface area contributed by atoms with Gasteiger partial charge in [0.2, 0.25) is 0 Å².